The van der Waals surface area contributed by atoms with Crippen LogP contribution in [0.3, 0.4) is 0 Å². The summed E-state index contributed by atoms with van der Waals surface area (Å²) in [5.74, 6) is 0.422. The van der Waals surface area contributed by atoms with Crippen molar-refractivity contribution in [3.63, 3.8) is 0 Å². The van der Waals surface area contributed by atoms with E-state index in [-0.39, 0.29) is 0 Å². The summed E-state index contributed by atoms with van der Waals surface area (Å²) < 4.78 is 1.88. The minimum atomic E-state index is 0.422. The first kappa shape index (κ1) is 7.72. The molecule has 0 unspecified atom stereocenters. The third-order valence-corrected chi connectivity index (χ3v) is 1.75. The Bertz CT molecular complexity index is 403. The Morgan fingerprint density at radius 3 is 2.62 bits per heavy atom. The summed E-state index contributed by atoms with van der Waals surface area (Å²) in [6.45, 7) is 0. The maximum Gasteiger partial charge on any atom is 0.141 e. The molecule has 5 nitrogen and oxygen atoms in total. The standard InChI is InChI=1S/C8H9N5/c1-13-5-10-3-7(13)6-2-12-8(9)4-11-6/h2-5H,1H3,(H2,9,12). The van der Waals surface area contributed by atoms with Gasteiger partial charge in [-0.25, -0.2) is 15.0 Å². The zero-order chi connectivity index (χ0) is 9.26. The van der Waals surface area contributed by atoms with Gasteiger partial charge >= 0.3 is 0 Å². The van der Waals surface area contributed by atoms with Gasteiger partial charge in [0.25, 0.3) is 0 Å². The lowest BCUT2D eigenvalue weighted by molar-refractivity contribution is 0.915. The van der Waals surface area contributed by atoms with Crippen molar-refractivity contribution in [2.75, 3.05) is 5.73 Å². The maximum atomic E-state index is 5.42. The zero-order valence-electron chi connectivity index (χ0n) is 7.18. The van der Waals surface area contributed by atoms with Crippen LogP contribution in [-0.4, -0.2) is 19.5 Å². The number of anilines is 1. The third-order valence-electron chi connectivity index (χ3n) is 1.75. The van der Waals surface area contributed by atoms with Gasteiger partial charge < -0.3 is 10.3 Å². The lowest BCUT2D eigenvalue weighted by Crippen LogP contribution is -1.95. The summed E-state index contributed by atoms with van der Waals surface area (Å²) in [5.41, 5.74) is 7.12. The molecule has 0 bridgehead atoms. The Labute approximate surface area is 75.3 Å². The lowest BCUT2D eigenvalue weighted by Gasteiger charge is -1.99. The number of hydrogen-bond donors (Lipinski definition) is 1. The van der Waals surface area contributed by atoms with Crippen LogP contribution in [0.15, 0.2) is 24.9 Å². The predicted molar refractivity (Wildman–Crippen MR) is 48.6 cm³/mol. The van der Waals surface area contributed by atoms with Crippen molar-refractivity contribution in [3.8, 4) is 11.4 Å². The molecule has 0 atom stereocenters. The van der Waals surface area contributed by atoms with E-state index in [1.807, 2.05) is 11.6 Å². The highest BCUT2D eigenvalue weighted by Gasteiger charge is 2.02. The van der Waals surface area contributed by atoms with Crippen LogP contribution in [0.1, 0.15) is 0 Å². The number of nitrogens with zero attached hydrogens (tertiary/aromatic N) is 4. The lowest BCUT2D eigenvalue weighted by atomic mass is 10.3. The van der Waals surface area contributed by atoms with E-state index in [0.717, 1.165) is 11.4 Å². The van der Waals surface area contributed by atoms with Gasteiger partial charge in [0.05, 0.1) is 30.6 Å². The van der Waals surface area contributed by atoms with Crippen LogP contribution < -0.4 is 5.73 Å². The van der Waals surface area contributed by atoms with Crippen molar-refractivity contribution in [3.05, 3.63) is 24.9 Å². The van der Waals surface area contributed by atoms with Crippen LogP contribution in [0.25, 0.3) is 11.4 Å². The van der Waals surface area contributed by atoms with Crippen molar-refractivity contribution in [1.82, 2.24) is 19.5 Å². The second kappa shape index (κ2) is 2.85. The summed E-state index contributed by atoms with van der Waals surface area (Å²) >= 11 is 0. The molecule has 2 rings (SSSR count). The molecule has 13 heavy (non-hydrogen) atoms. The van der Waals surface area contributed by atoms with E-state index < -0.39 is 0 Å². The van der Waals surface area contributed by atoms with E-state index in [4.69, 9.17) is 5.73 Å². The average molecular weight is 175 g/mol. The molecule has 0 fully saturated rings. The Morgan fingerprint density at radius 1 is 1.23 bits per heavy atom. The molecule has 66 valence electrons. The molecule has 0 radical (unpaired) electrons. The topological polar surface area (TPSA) is 69.6 Å². The Morgan fingerprint density at radius 2 is 2.08 bits per heavy atom. The Hall–Kier alpha value is -1.91. The van der Waals surface area contributed by atoms with Crippen molar-refractivity contribution in [1.29, 1.82) is 0 Å². The second-order valence-corrected chi connectivity index (χ2v) is 2.72. The predicted octanol–water partition coefficient (Wildman–Crippen LogP) is 0.459. The molecule has 5 heteroatoms. The first-order valence-corrected chi connectivity index (χ1v) is 3.81. The summed E-state index contributed by atoms with van der Waals surface area (Å²) in [4.78, 5) is 12.1. The van der Waals surface area contributed by atoms with Crippen molar-refractivity contribution >= 4 is 5.82 Å². The van der Waals surface area contributed by atoms with Gasteiger partial charge in [-0.05, 0) is 0 Å². The molecule has 2 heterocycles. The van der Waals surface area contributed by atoms with E-state index >= 15 is 0 Å². The first-order valence-electron chi connectivity index (χ1n) is 3.81. The summed E-state index contributed by atoms with van der Waals surface area (Å²) in [6, 6.07) is 0. The molecule has 0 saturated heterocycles. The smallest absolute Gasteiger partial charge is 0.141 e. The van der Waals surface area contributed by atoms with Crippen LogP contribution in [0.4, 0.5) is 5.82 Å². The fourth-order valence-electron chi connectivity index (χ4n) is 1.07. The normalized spacial score (nSPS) is 10.2. The van der Waals surface area contributed by atoms with Crippen LogP contribution in [0, 0.1) is 0 Å². The van der Waals surface area contributed by atoms with Crippen molar-refractivity contribution in [2.45, 2.75) is 0 Å². The molecule has 2 aromatic heterocycles. The largest absolute Gasteiger partial charge is 0.382 e. The van der Waals surface area contributed by atoms with Gasteiger partial charge in [0.2, 0.25) is 0 Å². The molecule has 0 amide bonds. The van der Waals surface area contributed by atoms with Gasteiger partial charge in [0.15, 0.2) is 0 Å². The quantitative estimate of drug-likeness (QED) is 0.683. The minimum Gasteiger partial charge on any atom is -0.382 e. The highest BCUT2D eigenvalue weighted by Crippen LogP contribution is 2.13. The van der Waals surface area contributed by atoms with Gasteiger partial charge in [-0.2, -0.15) is 0 Å². The average Bonchev–Trinajstić information content (AvgIpc) is 2.53. The molecule has 0 aromatic carbocycles. The van der Waals surface area contributed by atoms with E-state index in [1.165, 1.54) is 6.20 Å². The van der Waals surface area contributed by atoms with Crippen LogP contribution in [0.2, 0.25) is 0 Å². The van der Waals surface area contributed by atoms with E-state index in [2.05, 4.69) is 15.0 Å². The molecular weight excluding hydrogens is 166 g/mol. The highest BCUT2D eigenvalue weighted by molar-refractivity contribution is 5.52. The number of aryl methyl sites for hydroxylation is 1. The molecule has 2 aromatic rings. The maximum absolute atomic E-state index is 5.42. The number of nitrogen functional groups attached to an aromatic ring is 1. The molecule has 2 N–H and O–H groups in total. The number of aromatic nitrogens is 4. The number of hydrogen-bond acceptors (Lipinski definition) is 4. The molecule has 0 spiro atoms. The van der Waals surface area contributed by atoms with E-state index in [1.54, 1.807) is 18.7 Å². The molecule has 0 aliphatic heterocycles. The molecule has 0 aliphatic carbocycles. The van der Waals surface area contributed by atoms with Crippen LogP contribution in [0.5, 0.6) is 0 Å². The number of imidazole rings is 1. The van der Waals surface area contributed by atoms with Crippen molar-refractivity contribution < 1.29 is 0 Å². The van der Waals surface area contributed by atoms with Gasteiger partial charge in [-0.15, -0.1) is 0 Å². The van der Waals surface area contributed by atoms with Crippen LogP contribution in [-0.2, 0) is 7.05 Å². The zero-order valence-corrected chi connectivity index (χ0v) is 7.18. The van der Waals surface area contributed by atoms with Gasteiger partial charge in [-0.1, -0.05) is 0 Å². The summed E-state index contributed by atoms with van der Waals surface area (Å²) in [5, 5.41) is 0. The number of nitrogens with two attached hydrogens (primary N) is 1. The SMILES string of the molecule is Cn1cncc1-c1cnc(N)cn1. The van der Waals surface area contributed by atoms with Crippen LogP contribution >= 0.6 is 0 Å². The fourth-order valence-corrected chi connectivity index (χ4v) is 1.07. The first-order chi connectivity index (χ1) is 6.27. The number of rotatable bonds is 1. The monoisotopic (exact) mass is 175 g/mol. The minimum absolute atomic E-state index is 0.422. The molecular formula is C8H9N5. The second-order valence-electron chi connectivity index (χ2n) is 2.72. The van der Waals surface area contributed by atoms with E-state index in [9.17, 15) is 0 Å². The summed E-state index contributed by atoms with van der Waals surface area (Å²) in [7, 11) is 1.90. The van der Waals surface area contributed by atoms with Gasteiger partial charge in [0.1, 0.15) is 11.5 Å². The molecule has 0 saturated carbocycles. The van der Waals surface area contributed by atoms with Gasteiger partial charge in [-0.3, -0.25) is 0 Å². The fraction of sp³-hybridized carbons (Fsp3) is 0.125. The summed E-state index contributed by atoms with van der Waals surface area (Å²) in [6.07, 6.45) is 6.61. The van der Waals surface area contributed by atoms with E-state index in [0.29, 0.717) is 5.82 Å². The Balaban J connectivity index is 2.47. The highest BCUT2D eigenvalue weighted by atomic mass is 15.0. The third kappa shape index (κ3) is 1.35. The Kier molecular flexibility index (Phi) is 1.70. The van der Waals surface area contributed by atoms with Crippen molar-refractivity contribution in [2.24, 2.45) is 7.05 Å². The molecule has 0 aliphatic rings. The van der Waals surface area contributed by atoms with Gasteiger partial charge in [0, 0.05) is 7.05 Å².